The maximum absolute atomic E-state index is 13.1. The van der Waals surface area contributed by atoms with E-state index < -0.39 is 23.9 Å². The van der Waals surface area contributed by atoms with Crippen LogP contribution in [-0.4, -0.2) is 18.8 Å². The van der Waals surface area contributed by atoms with Crippen LogP contribution < -0.4 is 19.5 Å². The third kappa shape index (κ3) is 4.17. The third-order valence-electron chi connectivity index (χ3n) is 4.48. The topological polar surface area (TPSA) is 56.8 Å². The van der Waals surface area contributed by atoms with Crippen molar-refractivity contribution in [1.82, 2.24) is 0 Å². The summed E-state index contributed by atoms with van der Waals surface area (Å²) in [4.78, 5) is 12.4. The summed E-state index contributed by atoms with van der Waals surface area (Å²) in [5.74, 6) is -0.917. The van der Waals surface area contributed by atoms with Crippen molar-refractivity contribution in [2.24, 2.45) is 0 Å². The van der Waals surface area contributed by atoms with E-state index in [1.807, 2.05) is 0 Å². The van der Waals surface area contributed by atoms with Crippen LogP contribution in [0.4, 0.5) is 27.6 Å². The highest BCUT2D eigenvalue weighted by molar-refractivity contribution is 6.04. The van der Waals surface area contributed by atoms with Crippen LogP contribution in [0.1, 0.15) is 24.0 Å². The number of allylic oxidation sites excluding steroid dienone is 1. The number of carbonyl (C=O) groups is 1. The first-order valence-corrected chi connectivity index (χ1v) is 8.87. The Balaban J connectivity index is 1.56. The van der Waals surface area contributed by atoms with Crippen LogP contribution >= 0.6 is 0 Å². The molecule has 1 amide bonds. The monoisotopic (exact) mass is 427 g/mol. The van der Waals surface area contributed by atoms with Gasteiger partial charge in [-0.3, -0.25) is 4.79 Å². The molecule has 2 aromatic carbocycles. The van der Waals surface area contributed by atoms with Gasteiger partial charge < -0.3 is 19.5 Å². The molecule has 0 bridgehead atoms. The molecule has 0 aromatic heterocycles. The van der Waals surface area contributed by atoms with Crippen molar-refractivity contribution in [1.29, 1.82) is 0 Å². The van der Waals surface area contributed by atoms with Crippen molar-refractivity contribution in [3.8, 4) is 17.2 Å². The lowest BCUT2D eigenvalue weighted by molar-refractivity contribution is -0.286. The van der Waals surface area contributed by atoms with Gasteiger partial charge in [-0.1, -0.05) is 6.07 Å². The van der Waals surface area contributed by atoms with Gasteiger partial charge in [0.1, 0.15) is 5.75 Å². The van der Waals surface area contributed by atoms with Crippen LogP contribution in [0.2, 0.25) is 0 Å². The van der Waals surface area contributed by atoms with E-state index in [1.165, 1.54) is 30.3 Å². The number of anilines is 1. The Hall–Kier alpha value is -3.30. The van der Waals surface area contributed by atoms with Crippen molar-refractivity contribution >= 4 is 17.2 Å². The number of carbonyl (C=O) groups excluding carboxylic acids is 1. The van der Waals surface area contributed by atoms with Gasteiger partial charge in [0.25, 0.3) is 0 Å². The normalized spacial score (nSPS) is 18.4. The first kappa shape index (κ1) is 20.0. The van der Waals surface area contributed by atoms with Crippen molar-refractivity contribution in [3.63, 3.8) is 0 Å². The molecule has 0 radical (unpaired) electrons. The van der Waals surface area contributed by atoms with Gasteiger partial charge in [0.15, 0.2) is 11.5 Å². The summed E-state index contributed by atoms with van der Waals surface area (Å²) < 4.78 is 79.1. The summed E-state index contributed by atoms with van der Waals surface area (Å²) in [6.07, 6.45) is -6.11. The number of alkyl halides is 5. The number of hydrogen-bond donors (Lipinski definition) is 1. The lowest BCUT2D eigenvalue weighted by Gasteiger charge is -2.13. The molecule has 2 heterocycles. The molecule has 5 nitrogen and oxygen atoms in total. The molecule has 158 valence electrons. The Morgan fingerprint density at radius 1 is 1.03 bits per heavy atom. The van der Waals surface area contributed by atoms with E-state index in [9.17, 15) is 26.7 Å². The Bertz CT molecular complexity index is 1030. The minimum Gasteiger partial charge on any atom is -0.493 e. The van der Waals surface area contributed by atoms with Crippen molar-refractivity contribution < 1.29 is 41.0 Å². The number of halogens is 5. The largest absolute Gasteiger partial charge is 0.586 e. The minimum absolute atomic E-state index is 0.0479. The molecule has 4 rings (SSSR count). The fraction of sp³-hybridized carbons (Fsp3) is 0.250. The first-order chi connectivity index (χ1) is 14.1. The van der Waals surface area contributed by atoms with E-state index in [-0.39, 0.29) is 29.5 Å². The van der Waals surface area contributed by atoms with Crippen molar-refractivity contribution in [2.75, 3.05) is 11.9 Å². The summed E-state index contributed by atoms with van der Waals surface area (Å²) >= 11 is 0. The Morgan fingerprint density at radius 2 is 1.80 bits per heavy atom. The standard InChI is InChI=1S/C20H14F5NO4/c21-19(22,23)12-3-5-14-11(2-1-7-28-16(14)9-12)8-18(27)26-13-4-6-15-17(10-13)30-20(24,25)29-15/h3-6,8-10H,1-2,7H2,(H,26,27)/b11-8+. The molecule has 10 heteroatoms. The molecular formula is C20H14F5NO4. The zero-order chi connectivity index (χ0) is 21.5. The molecule has 0 aliphatic carbocycles. The van der Waals surface area contributed by atoms with E-state index >= 15 is 0 Å². The maximum atomic E-state index is 13.1. The smallest absolute Gasteiger partial charge is 0.493 e. The van der Waals surface area contributed by atoms with E-state index in [0.29, 0.717) is 24.0 Å². The quantitative estimate of drug-likeness (QED) is 0.527. The molecule has 0 fully saturated rings. The van der Waals surface area contributed by atoms with Crippen molar-refractivity contribution in [2.45, 2.75) is 25.3 Å². The van der Waals surface area contributed by atoms with Crippen molar-refractivity contribution in [3.05, 3.63) is 53.6 Å². The van der Waals surface area contributed by atoms with Gasteiger partial charge in [0, 0.05) is 23.4 Å². The lowest BCUT2D eigenvalue weighted by Crippen LogP contribution is -2.25. The highest BCUT2D eigenvalue weighted by atomic mass is 19.4. The fourth-order valence-electron chi connectivity index (χ4n) is 3.18. The maximum Gasteiger partial charge on any atom is 0.586 e. The van der Waals surface area contributed by atoms with Crippen LogP contribution in [0.5, 0.6) is 17.2 Å². The molecule has 0 unspecified atom stereocenters. The van der Waals surface area contributed by atoms with Crippen LogP contribution in [0, 0.1) is 0 Å². The summed E-state index contributed by atoms with van der Waals surface area (Å²) in [6.45, 7) is 0.212. The molecule has 0 spiro atoms. The van der Waals surface area contributed by atoms with Gasteiger partial charge in [-0.2, -0.15) is 13.2 Å². The van der Waals surface area contributed by atoms with Gasteiger partial charge in [-0.25, -0.2) is 0 Å². The third-order valence-corrected chi connectivity index (χ3v) is 4.48. The average Bonchev–Trinajstić information content (AvgIpc) is 2.82. The number of amides is 1. The molecule has 0 atom stereocenters. The number of rotatable bonds is 2. The Kier molecular flexibility index (Phi) is 4.79. The van der Waals surface area contributed by atoms with Crippen LogP contribution in [-0.2, 0) is 11.0 Å². The second-order valence-corrected chi connectivity index (χ2v) is 6.65. The molecule has 1 N–H and O–H groups in total. The summed E-state index contributed by atoms with van der Waals surface area (Å²) in [6, 6.07) is 6.88. The number of fused-ring (bicyclic) bond motifs is 2. The molecule has 2 aliphatic heterocycles. The van der Waals surface area contributed by atoms with Crippen LogP contribution in [0.25, 0.3) is 5.57 Å². The zero-order valence-electron chi connectivity index (χ0n) is 15.2. The van der Waals surface area contributed by atoms with E-state index in [0.717, 1.165) is 12.1 Å². The molecule has 0 saturated heterocycles. The Morgan fingerprint density at radius 3 is 2.57 bits per heavy atom. The SMILES string of the molecule is O=C(/C=C1\CCCOc2cc(C(F)(F)F)ccc21)Nc1ccc2c(c1)OC(F)(F)O2. The summed E-state index contributed by atoms with van der Waals surface area (Å²) in [5.41, 5.74) is 0.237. The number of hydrogen-bond acceptors (Lipinski definition) is 4. The fourth-order valence-corrected chi connectivity index (χ4v) is 3.18. The van der Waals surface area contributed by atoms with Gasteiger partial charge in [-0.05, 0) is 42.7 Å². The molecular weight excluding hydrogens is 413 g/mol. The second kappa shape index (κ2) is 7.19. The predicted molar refractivity (Wildman–Crippen MR) is 95.4 cm³/mol. The minimum atomic E-state index is -4.51. The molecule has 2 aromatic rings. The summed E-state index contributed by atoms with van der Waals surface area (Å²) in [7, 11) is 0. The zero-order valence-corrected chi connectivity index (χ0v) is 15.2. The molecule has 30 heavy (non-hydrogen) atoms. The Labute approximate surface area is 167 Å². The number of ether oxygens (including phenoxy) is 3. The van der Waals surface area contributed by atoms with E-state index in [2.05, 4.69) is 14.8 Å². The molecule has 2 aliphatic rings. The lowest BCUT2D eigenvalue weighted by atomic mass is 9.99. The van der Waals surface area contributed by atoms with Gasteiger partial charge in [0.05, 0.1) is 12.2 Å². The predicted octanol–water partition coefficient (Wildman–Crippen LogP) is 5.22. The average molecular weight is 427 g/mol. The van der Waals surface area contributed by atoms with Gasteiger partial charge in [-0.15, -0.1) is 8.78 Å². The highest BCUT2D eigenvalue weighted by Gasteiger charge is 2.43. The molecule has 0 saturated carbocycles. The number of nitrogens with one attached hydrogen (secondary N) is 1. The van der Waals surface area contributed by atoms with Gasteiger partial charge in [0.2, 0.25) is 5.91 Å². The number of benzene rings is 2. The van der Waals surface area contributed by atoms with Gasteiger partial charge >= 0.3 is 12.5 Å². The van der Waals surface area contributed by atoms with Crippen LogP contribution in [0.3, 0.4) is 0 Å². The first-order valence-electron chi connectivity index (χ1n) is 8.87. The highest BCUT2D eigenvalue weighted by Crippen LogP contribution is 2.42. The van der Waals surface area contributed by atoms with E-state index in [4.69, 9.17) is 4.74 Å². The van der Waals surface area contributed by atoms with Crippen LogP contribution in [0.15, 0.2) is 42.5 Å². The van der Waals surface area contributed by atoms with E-state index in [1.54, 1.807) is 0 Å². The summed E-state index contributed by atoms with van der Waals surface area (Å²) in [5, 5.41) is 2.52. The second-order valence-electron chi connectivity index (χ2n) is 6.65.